The molecule has 96 valence electrons. The maximum absolute atomic E-state index is 11.1. The van der Waals surface area contributed by atoms with Crippen LogP contribution in [0.2, 0.25) is 0 Å². The van der Waals surface area contributed by atoms with Crippen LogP contribution in [0.5, 0.6) is 5.75 Å². The Morgan fingerprint density at radius 2 is 2.12 bits per heavy atom. The summed E-state index contributed by atoms with van der Waals surface area (Å²) in [5.41, 5.74) is 6.30. The fraction of sp³-hybridized carbons (Fsp3) is 0.300. The first-order valence-electron chi connectivity index (χ1n) is 4.46. The fourth-order valence-electron chi connectivity index (χ4n) is 1.24. The van der Waals surface area contributed by atoms with Gasteiger partial charge >= 0.3 is 5.97 Å². The summed E-state index contributed by atoms with van der Waals surface area (Å²) in [6.07, 6.45) is 0.0208. The van der Waals surface area contributed by atoms with Gasteiger partial charge in [-0.2, -0.15) is 0 Å². The van der Waals surface area contributed by atoms with Crippen LogP contribution < -0.4 is 5.73 Å². The normalized spacial score (nSPS) is 11.5. The molecule has 3 N–H and O–H groups in total. The van der Waals surface area contributed by atoms with Crippen molar-refractivity contribution >= 4 is 50.2 Å². The van der Waals surface area contributed by atoms with E-state index in [0.29, 0.717) is 10.0 Å². The zero-order chi connectivity index (χ0) is 12.3. The van der Waals surface area contributed by atoms with E-state index in [1.165, 1.54) is 7.11 Å². The topological polar surface area (TPSA) is 72.5 Å². The third-order valence-corrected chi connectivity index (χ3v) is 3.13. The van der Waals surface area contributed by atoms with E-state index in [0.717, 1.165) is 4.47 Å². The molecule has 0 radical (unpaired) electrons. The minimum Gasteiger partial charge on any atom is -0.506 e. The second kappa shape index (κ2) is 7.20. The molecular formula is C10H12Br2ClNO3. The summed E-state index contributed by atoms with van der Waals surface area (Å²) in [5, 5.41) is 9.78. The van der Waals surface area contributed by atoms with Gasteiger partial charge in [0.15, 0.2) is 0 Å². The van der Waals surface area contributed by atoms with Crippen LogP contribution in [0.4, 0.5) is 0 Å². The van der Waals surface area contributed by atoms with Crippen molar-refractivity contribution in [1.82, 2.24) is 0 Å². The average Bonchev–Trinajstić information content (AvgIpc) is 2.22. The number of hydrogen-bond acceptors (Lipinski definition) is 4. The summed E-state index contributed by atoms with van der Waals surface area (Å²) < 4.78 is 5.81. The molecule has 0 fully saturated rings. The SMILES string of the molecule is COC(=O)C[C@@H](N)c1cc(Br)cc(Br)c1O.Cl. The molecule has 0 aliphatic heterocycles. The lowest BCUT2D eigenvalue weighted by molar-refractivity contribution is -0.141. The monoisotopic (exact) mass is 387 g/mol. The van der Waals surface area contributed by atoms with Crippen LogP contribution in [0, 0.1) is 0 Å². The predicted molar refractivity (Wildman–Crippen MR) is 74.3 cm³/mol. The van der Waals surface area contributed by atoms with Crippen LogP contribution in [0.1, 0.15) is 18.0 Å². The highest BCUT2D eigenvalue weighted by atomic mass is 79.9. The number of phenolic OH excluding ortho intramolecular Hbond substituents is 1. The quantitative estimate of drug-likeness (QED) is 0.780. The first kappa shape index (κ1) is 16.7. The molecule has 0 aliphatic rings. The zero-order valence-electron chi connectivity index (χ0n) is 8.94. The third kappa shape index (κ3) is 4.46. The van der Waals surface area contributed by atoms with E-state index >= 15 is 0 Å². The van der Waals surface area contributed by atoms with Crippen molar-refractivity contribution in [3.05, 3.63) is 26.6 Å². The molecule has 0 aliphatic carbocycles. The number of ether oxygens (including phenoxy) is 1. The first-order chi connectivity index (χ1) is 7.45. The van der Waals surface area contributed by atoms with Gasteiger partial charge in [0.1, 0.15) is 5.75 Å². The average molecular weight is 389 g/mol. The number of methoxy groups -OCH3 is 1. The largest absolute Gasteiger partial charge is 0.506 e. The predicted octanol–water partition coefficient (Wildman–Crippen LogP) is 2.90. The highest BCUT2D eigenvalue weighted by Gasteiger charge is 2.17. The molecule has 0 aromatic heterocycles. The van der Waals surface area contributed by atoms with Gasteiger partial charge in [-0.25, -0.2) is 0 Å². The number of phenols is 1. The van der Waals surface area contributed by atoms with Crippen LogP contribution in [0.3, 0.4) is 0 Å². The van der Waals surface area contributed by atoms with E-state index in [1.807, 2.05) is 0 Å². The standard InChI is InChI=1S/C10H11Br2NO3.ClH/c1-16-9(14)4-8(13)6-2-5(11)3-7(12)10(6)15;/h2-3,8,15H,4,13H2,1H3;1H/t8-;/m1./s1. The van der Waals surface area contributed by atoms with Crippen LogP contribution in [0.15, 0.2) is 21.1 Å². The molecule has 0 saturated heterocycles. The van der Waals surface area contributed by atoms with Crippen molar-refractivity contribution in [2.75, 3.05) is 7.11 Å². The van der Waals surface area contributed by atoms with E-state index in [-0.39, 0.29) is 24.6 Å². The van der Waals surface area contributed by atoms with E-state index < -0.39 is 12.0 Å². The number of benzene rings is 1. The van der Waals surface area contributed by atoms with E-state index in [2.05, 4.69) is 36.6 Å². The molecule has 0 spiro atoms. The minimum absolute atomic E-state index is 0. The van der Waals surface area contributed by atoms with Crippen molar-refractivity contribution in [3.63, 3.8) is 0 Å². The van der Waals surface area contributed by atoms with Crippen molar-refractivity contribution in [2.45, 2.75) is 12.5 Å². The van der Waals surface area contributed by atoms with Crippen molar-refractivity contribution in [3.8, 4) is 5.75 Å². The molecule has 1 atom stereocenters. The molecule has 1 aromatic carbocycles. The summed E-state index contributed by atoms with van der Waals surface area (Å²) >= 11 is 6.48. The van der Waals surface area contributed by atoms with Gasteiger partial charge in [-0.3, -0.25) is 4.79 Å². The summed E-state index contributed by atoms with van der Waals surface area (Å²) in [6.45, 7) is 0. The Balaban J connectivity index is 0.00000256. The van der Waals surface area contributed by atoms with Gasteiger partial charge in [0.25, 0.3) is 0 Å². The maximum Gasteiger partial charge on any atom is 0.307 e. The number of carbonyl (C=O) groups is 1. The van der Waals surface area contributed by atoms with Crippen LogP contribution in [0.25, 0.3) is 0 Å². The summed E-state index contributed by atoms with van der Waals surface area (Å²) in [7, 11) is 1.30. The summed E-state index contributed by atoms with van der Waals surface area (Å²) in [6, 6.07) is 2.78. The van der Waals surface area contributed by atoms with Crippen molar-refractivity contribution in [2.24, 2.45) is 5.73 Å². The second-order valence-electron chi connectivity index (χ2n) is 3.21. The van der Waals surface area contributed by atoms with Gasteiger partial charge in [0.2, 0.25) is 0 Å². The third-order valence-electron chi connectivity index (χ3n) is 2.07. The molecule has 7 heteroatoms. The Morgan fingerprint density at radius 3 is 2.65 bits per heavy atom. The summed E-state index contributed by atoms with van der Waals surface area (Å²) in [4.78, 5) is 11.1. The number of carbonyl (C=O) groups excluding carboxylic acids is 1. The number of nitrogens with two attached hydrogens (primary N) is 1. The number of hydrogen-bond donors (Lipinski definition) is 2. The van der Waals surface area contributed by atoms with Gasteiger partial charge in [-0.1, -0.05) is 15.9 Å². The molecule has 1 aromatic rings. The summed E-state index contributed by atoms with van der Waals surface area (Å²) in [5.74, 6) is -0.373. The second-order valence-corrected chi connectivity index (χ2v) is 4.98. The number of aromatic hydroxyl groups is 1. The molecule has 0 saturated carbocycles. The zero-order valence-corrected chi connectivity index (χ0v) is 12.9. The van der Waals surface area contributed by atoms with Gasteiger partial charge in [-0.15, -0.1) is 12.4 Å². The number of halogens is 3. The smallest absolute Gasteiger partial charge is 0.307 e. The van der Waals surface area contributed by atoms with Crippen LogP contribution >= 0.6 is 44.3 Å². The van der Waals surface area contributed by atoms with E-state index in [1.54, 1.807) is 12.1 Å². The highest BCUT2D eigenvalue weighted by molar-refractivity contribution is 9.11. The molecule has 17 heavy (non-hydrogen) atoms. The minimum atomic E-state index is -0.596. The lowest BCUT2D eigenvalue weighted by Gasteiger charge is -2.14. The highest BCUT2D eigenvalue weighted by Crippen LogP contribution is 2.35. The van der Waals surface area contributed by atoms with Crippen LogP contribution in [-0.4, -0.2) is 18.2 Å². The number of rotatable bonds is 3. The van der Waals surface area contributed by atoms with E-state index in [4.69, 9.17) is 5.73 Å². The molecule has 0 unspecified atom stereocenters. The Morgan fingerprint density at radius 1 is 1.53 bits per heavy atom. The van der Waals surface area contributed by atoms with Gasteiger partial charge < -0.3 is 15.6 Å². The molecular weight excluding hydrogens is 377 g/mol. The van der Waals surface area contributed by atoms with Crippen molar-refractivity contribution in [1.29, 1.82) is 0 Å². The van der Waals surface area contributed by atoms with Gasteiger partial charge in [0, 0.05) is 16.1 Å². The Kier molecular flexibility index (Phi) is 7.08. The van der Waals surface area contributed by atoms with Gasteiger partial charge in [0.05, 0.1) is 18.0 Å². The number of esters is 1. The van der Waals surface area contributed by atoms with Crippen molar-refractivity contribution < 1.29 is 14.6 Å². The van der Waals surface area contributed by atoms with Gasteiger partial charge in [-0.05, 0) is 28.1 Å². The fourth-order valence-corrected chi connectivity index (χ4v) is 2.50. The first-order valence-corrected chi connectivity index (χ1v) is 6.04. The molecule has 0 heterocycles. The molecule has 0 bridgehead atoms. The molecule has 1 rings (SSSR count). The molecule has 4 nitrogen and oxygen atoms in total. The lowest BCUT2D eigenvalue weighted by atomic mass is 10.0. The maximum atomic E-state index is 11.1. The Bertz CT molecular complexity index is 415. The molecule has 0 amide bonds. The van der Waals surface area contributed by atoms with E-state index in [9.17, 15) is 9.90 Å². The lowest BCUT2D eigenvalue weighted by Crippen LogP contribution is -2.16. The van der Waals surface area contributed by atoms with Crippen LogP contribution in [-0.2, 0) is 9.53 Å². The Hall–Kier alpha value is -0.300. The Labute approximate surface area is 122 Å².